The molecule has 4 aromatic rings. The first-order chi connectivity index (χ1) is 18.3. The Morgan fingerprint density at radius 2 is 1.00 bits per heavy atom. The predicted molar refractivity (Wildman–Crippen MR) is 166 cm³/mol. The van der Waals surface area contributed by atoms with Gasteiger partial charge in [0, 0.05) is 10.8 Å². The van der Waals surface area contributed by atoms with E-state index < -0.39 is 7.92 Å². The molecule has 4 aromatic carbocycles. The summed E-state index contributed by atoms with van der Waals surface area (Å²) in [6, 6.07) is 37.4. The Hall–Kier alpha value is -3.18. The van der Waals surface area contributed by atoms with Crippen LogP contribution in [0, 0.1) is 0 Å². The highest BCUT2D eigenvalue weighted by Crippen LogP contribution is 2.55. The molecule has 38 heavy (non-hydrogen) atoms. The number of hydrogen-bond donors (Lipinski definition) is 0. The molecule has 192 valence electrons. The topological polar surface area (TPSA) is 18.5 Å². The summed E-state index contributed by atoms with van der Waals surface area (Å²) < 4.78 is 12.2. The molecule has 5 rings (SSSR count). The monoisotopic (exact) mass is 536 g/mol. The van der Waals surface area contributed by atoms with E-state index in [4.69, 9.17) is 9.47 Å². The number of para-hydroxylation sites is 2. The second-order valence-corrected chi connectivity index (χ2v) is 14.3. The molecule has 0 saturated heterocycles. The molecule has 1 heterocycles. The molecule has 2 unspecified atom stereocenters. The molecule has 2 nitrogen and oxygen atoms in total. The smallest absolute Gasteiger partial charge is 0.127 e. The van der Waals surface area contributed by atoms with E-state index >= 15 is 0 Å². The number of allylic oxidation sites excluding steroid dienone is 2. The molecule has 1 aliphatic heterocycles. The van der Waals surface area contributed by atoms with E-state index in [1.54, 1.807) is 0 Å². The first-order valence-electron chi connectivity index (χ1n) is 13.0. The van der Waals surface area contributed by atoms with E-state index in [2.05, 4.69) is 83.1 Å². The Balaban J connectivity index is 1.48. The lowest BCUT2D eigenvalue weighted by Crippen LogP contribution is -2.35. The van der Waals surface area contributed by atoms with Crippen LogP contribution in [0.5, 0.6) is 23.0 Å². The zero-order valence-electron chi connectivity index (χ0n) is 22.7. The first kappa shape index (κ1) is 26.4. The Labute approximate surface area is 229 Å². The second-order valence-electron chi connectivity index (χ2n) is 9.96. The zero-order chi connectivity index (χ0) is 26.7. The fourth-order valence-electron chi connectivity index (χ4n) is 5.02. The van der Waals surface area contributed by atoms with E-state index in [-0.39, 0.29) is 5.16 Å². The van der Waals surface area contributed by atoms with Crippen molar-refractivity contribution in [3.8, 4) is 23.0 Å². The minimum atomic E-state index is -0.645. The van der Waals surface area contributed by atoms with E-state index in [0.717, 1.165) is 23.0 Å². The highest BCUT2D eigenvalue weighted by atomic mass is 31.1. The fraction of sp³-hybridized carbons (Fsp3) is 0.206. The average Bonchev–Trinajstić information content (AvgIpc) is 3.15. The van der Waals surface area contributed by atoms with E-state index in [9.17, 15) is 0 Å². The highest BCUT2D eigenvalue weighted by molar-refractivity contribution is 7.74. The van der Waals surface area contributed by atoms with Gasteiger partial charge in [-0.05, 0) is 106 Å². The molecule has 4 heteroatoms. The molecule has 0 aromatic heterocycles. The molecule has 1 aliphatic rings. The van der Waals surface area contributed by atoms with Crippen LogP contribution in [-0.4, -0.2) is 16.1 Å². The van der Waals surface area contributed by atoms with Gasteiger partial charge in [0.05, 0.1) is 0 Å². The van der Waals surface area contributed by atoms with Crippen LogP contribution in [0.4, 0.5) is 0 Å². The molecule has 0 radical (unpaired) electrons. The van der Waals surface area contributed by atoms with E-state index in [1.807, 2.05) is 60.7 Å². The van der Waals surface area contributed by atoms with Gasteiger partial charge in [0.1, 0.15) is 23.0 Å². The van der Waals surface area contributed by atoms with Gasteiger partial charge >= 0.3 is 0 Å². The third-order valence-corrected chi connectivity index (χ3v) is 12.7. The SMILES string of the molecule is CC1=PC(C)(C(C)P(c2ccc(Oc3ccccc3)cc2)c2ccc(Oc3ccccc3)cc2)C(C)=C1C. The summed E-state index contributed by atoms with van der Waals surface area (Å²) in [6.07, 6.45) is 0. The lowest BCUT2D eigenvalue weighted by molar-refractivity contribution is 0.482. The summed E-state index contributed by atoms with van der Waals surface area (Å²) >= 11 is 0. The molecule has 2 atom stereocenters. The lowest BCUT2D eigenvalue weighted by atomic mass is 9.93. The number of rotatable bonds is 8. The van der Waals surface area contributed by atoms with Gasteiger partial charge in [-0.2, -0.15) is 0 Å². The summed E-state index contributed by atoms with van der Waals surface area (Å²) in [5.74, 6) is 3.42. The molecule has 0 spiro atoms. The van der Waals surface area contributed by atoms with Crippen LogP contribution >= 0.6 is 16.1 Å². The molecular weight excluding hydrogens is 502 g/mol. The summed E-state index contributed by atoms with van der Waals surface area (Å²) in [5.41, 5.74) is 3.42. The maximum absolute atomic E-state index is 6.09. The minimum Gasteiger partial charge on any atom is -0.457 e. The fourth-order valence-corrected chi connectivity index (χ4v) is 9.92. The first-order valence-corrected chi connectivity index (χ1v) is 15.4. The molecule has 0 saturated carbocycles. The van der Waals surface area contributed by atoms with Crippen LogP contribution in [0.3, 0.4) is 0 Å². The average molecular weight is 537 g/mol. The molecule has 0 amide bonds. The van der Waals surface area contributed by atoms with Gasteiger partial charge in [0.15, 0.2) is 0 Å². The summed E-state index contributed by atoms with van der Waals surface area (Å²) in [5, 5.41) is 4.30. The predicted octanol–water partition coefficient (Wildman–Crippen LogP) is 9.34. The largest absolute Gasteiger partial charge is 0.457 e. The van der Waals surface area contributed by atoms with Crippen LogP contribution in [0.1, 0.15) is 34.6 Å². The minimum absolute atomic E-state index is 0.0955. The summed E-state index contributed by atoms with van der Waals surface area (Å²) in [6.45, 7) is 11.8. The van der Waals surface area contributed by atoms with Gasteiger partial charge in [-0.15, -0.1) is 0 Å². The number of hydrogen-bond acceptors (Lipinski definition) is 2. The van der Waals surface area contributed by atoms with Crippen LogP contribution < -0.4 is 20.1 Å². The normalized spacial score (nSPS) is 18.3. The number of benzene rings is 4. The summed E-state index contributed by atoms with van der Waals surface area (Å²) in [4.78, 5) is 0. The Bertz CT molecular complexity index is 1360. The van der Waals surface area contributed by atoms with Gasteiger partial charge in [-0.3, -0.25) is 0 Å². The molecule has 0 bridgehead atoms. The second kappa shape index (κ2) is 11.3. The van der Waals surface area contributed by atoms with E-state index in [0.29, 0.717) is 5.66 Å². The lowest BCUT2D eigenvalue weighted by Gasteiger charge is -2.38. The van der Waals surface area contributed by atoms with Gasteiger partial charge in [0.25, 0.3) is 0 Å². The van der Waals surface area contributed by atoms with Crippen LogP contribution in [0.15, 0.2) is 120 Å². The van der Waals surface area contributed by atoms with Gasteiger partial charge in [-0.25, -0.2) is 0 Å². The van der Waals surface area contributed by atoms with E-state index in [1.165, 1.54) is 35.3 Å². The van der Waals surface area contributed by atoms with Crippen molar-refractivity contribution in [2.75, 3.05) is 0 Å². The van der Waals surface area contributed by atoms with Crippen molar-refractivity contribution in [1.82, 2.24) is 0 Å². The van der Waals surface area contributed by atoms with Gasteiger partial charge < -0.3 is 9.47 Å². The third-order valence-electron chi connectivity index (χ3n) is 7.65. The van der Waals surface area contributed by atoms with Crippen molar-refractivity contribution in [3.63, 3.8) is 0 Å². The van der Waals surface area contributed by atoms with Crippen molar-refractivity contribution in [2.45, 2.75) is 45.4 Å². The van der Waals surface area contributed by atoms with Crippen LogP contribution in [0.25, 0.3) is 0 Å². The van der Waals surface area contributed by atoms with Crippen molar-refractivity contribution in [1.29, 1.82) is 0 Å². The van der Waals surface area contributed by atoms with Gasteiger partial charge in [-0.1, -0.05) is 81.4 Å². The highest BCUT2D eigenvalue weighted by Gasteiger charge is 2.41. The quantitative estimate of drug-likeness (QED) is 0.209. The maximum atomic E-state index is 6.09. The van der Waals surface area contributed by atoms with Crippen LogP contribution in [0.2, 0.25) is 0 Å². The molecule has 0 fully saturated rings. The Morgan fingerprint density at radius 1 is 0.605 bits per heavy atom. The molecule has 0 aliphatic carbocycles. The zero-order valence-corrected chi connectivity index (χ0v) is 24.5. The van der Waals surface area contributed by atoms with Crippen molar-refractivity contribution >= 4 is 32.0 Å². The molecular formula is C34H34O2P2. The van der Waals surface area contributed by atoms with Gasteiger partial charge in [0.2, 0.25) is 0 Å². The summed E-state index contributed by atoms with van der Waals surface area (Å²) in [7, 11) is 0.778. The van der Waals surface area contributed by atoms with Crippen molar-refractivity contribution in [3.05, 3.63) is 120 Å². The van der Waals surface area contributed by atoms with Crippen molar-refractivity contribution in [2.24, 2.45) is 0 Å². The number of ether oxygens (including phenoxy) is 2. The Kier molecular flexibility index (Phi) is 7.85. The van der Waals surface area contributed by atoms with Crippen LogP contribution in [-0.2, 0) is 0 Å². The third kappa shape index (κ3) is 5.49. The molecule has 0 N–H and O–H groups in total. The maximum Gasteiger partial charge on any atom is 0.127 e. The van der Waals surface area contributed by atoms with Crippen molar-refractivity contribution < 1.29 is 9.47 Å². The Morgan fingerprint density at radius 3 is 1.37 bits per heavy atom. The standard InChI is InChI=1S/C34H34O2P2/c1-24-25(2)34(5,37-26(24)3)27(4)38(32-20-16-30(17-21-32)35-28-12-8-6-9-13-28)33-22-18-31(19-23-33)36-29-14-10-7-11-15-29/h6-23,27H,1-5H3.